The molecule has 1 aliphatic heterocycles. The SMILES string of the molecule is [N-]=[N+]=NCc1ccn(CCOC2CCCCO2)n1. The van der Waals surface area contributed by atoms with Gasteiger partial charge in [0.2, 0.25) is 0 Å². The van der Waals surface area contributed by atoms with E-state index >= 15 is 0 Å². The van der Waals surface area contributed by atoms with E-state index in [9.17, 15) is 0 Å². The quantitative estimate of drug-likeness (QED) is 0.441. The van der Waals surface area contributed by atoms with Gasteiger partial charge in [-0.25, -0.2) is 0 Å². The molecule has 0 radical (unpaired) electrons. The molecule has 18 heavy (non-hydrogen) atoms. The average molecular weight is 251 g/mol. The van der Waals surface area contributed by atoms with Crippen molar-refractivity contribution < 1.29 is 9.47 Å². The van der Waals surface area contributed by atoms with Crippen LogP contribution in [0.5, 0.6) is 0 Å². The van der Waals surface area contributed by atoms with E-state index in [0.717, 1.165) is 25.1 Å². The van der Waals surface area contributed by atoms with Gasteiger partial charge in [-0.1, -0.05) is 5.11 Å². The summed E-state index contributed by atoms with van der Waals surface area (Å²) in [6, 6.07) is 1.84. The number of ether oxygens (including phenoxy) is 2. The maximum absolute atomic E-state index is 8.21. The van der Waals surface area contributed by atoms with Gasteiger partial charge in [-0.05, 0) is 30.9 Å². The van der Waals surface area contributed by atoms with Gasteiger partial charge in [0.1, 0.15) is 0 Å². The minimum atomic E-state index is -0.0584. The lowest BCUT2D eigenvalue weighted by molar-refractivity contribution is -0.163. The third kappa shape index (κ3) is 4.03. The molecule has 7 nitrogen and oxygen atoms in total. The zero-order chi connectivity index (χ0) is 12.6. The molecule has 1 aromatic rings. The molecule has 1 saturated heterocycles. The van der Waals surface area contributed by atoms with Crippen LogP contribution in [0.4, 0.5) is 0 Å². The van der Waals surface area contributed by atoms with Gasteiger partial charge in [0.25, 0.3) is 0 Å². The maximum atomic E-state index is 8.21. The van der Waals surface area contributed by atoms with Crippen molar-refractivity contribution in [2.75, 3.05) is 13.2 Å². The Morgan fingerprint density at radius 1 is 1.61 bits per heavy atom. The lowest BCUT2D eigenvalue weighted by atomic mass is 10.2. The first-order chi connectivity index (χ1) is 8.88. The van der Waals surface area contributed by atoms with Crippen molar-refractivity contribution in [3.63, 3.8) is 0 Å². The topological polar surface area (TPSA) is 85.0 Å². The monoisotopic (exact) mass is 251 g/mol. The van der Waals surface area contributed by atoms with Gasteiger partial charge in [-0.2, -0.15) is 5.10 Å². The predicted molar refractivity (Wildman–Crippen MR) is 64.6 cm³/mol. The first-order valence-corrected chi connectivity index (χ1v) is 6.15. The van der Waals surface area contributed by atoms with Gasteiger partial charge in [0.15, 0.2) is 6.29 Å². The predicted octanol–water partition coefficient (Wildman–Crippen LogP) is 2.24. The fourth-order valence-corrected chi connectivity index (χ4v) is 1.84. The average Bonchev–Trinajstić information content (AvgIpc) is 2.85. The summed E-state index contributed by atoms with van der Waals surface area (Å²) >= 11 is 0. The maximum Gasteiger partial charge on any atom is 0.157 e. The first kappa shape index (κ1) is 12.9. The van der Waals surface area contributed by atoms with Crippen LogP contribution in [0.15, 0.2) is 17.4 Å². The number of nitrogens with zero attached hydrogens (tertiary/aromatic N) is 5. The lowest BCUT2D eigenvalue weighted by Crippen LogP contribution is -2.24. The van der Waals surface area contributed by atoms with E-state index in [1.165, 1.54) is 6.42 Å². The van der Waals surface area contributed by atoms with E-state index in [1.54, 1.807) is 4.68 Å². The molecule has 2 heterocycles. The van der Waals surface area contributed by atoms with Crippen LogP contribution in [0, 0.1) is 0 Å². The Labute approximate surface area is 105 Å². The van der Waals surface area contributed by atoms with Gasteiger partial charge in [-0.3, -0.25) is 4.68 Å². The summed E-state index contributed by atoms with van der Waals surface area (Å²) < 4.78 is 12.9. The highest BCUT2D eigenvalue weighted by Crippen LogP contribution is 2.13. The largest absolute Gasteiger partial charge is 0.353 e. The van der Waals surface area contributed by atoms with Crippen LogP contribution >= 0.6 is 0 Å². The van der Waals surface area contributed by atoms with Crippen LogP contribution in [-0.2, 0) is 22.6 Å². The van der Waals surface area contributed by atoms with Gasteiger partial charge >= 0.3 is 0 Å². The van der Waals surface area contributed by atoms with E-state index in [0.29, 0.717) is 13.2 Å². The van der Waals surface area contributed by atoms with Crippen LogP contribution < -0.4 is 0 Å². The Bertz CT molecular complexity index is 407. The number of hydrogen-bond acceptors (Lipinski definition) is 4. The highest BCUT2D eigenvalue weighted by atomic mass is 16.7. The third-order valence-electron chi connectivity index (χ3n) is 2.75. The van der Waals surface area contributed by atoms with Crippen LogP contribution in [0.25, 0.3) is 10.4 Å². The zero-order valence-corrected chi connectivity index (χ0v) is 10.2. The van der Waals surface area contributed by atoms with Crippen molar-refractivity contribution in [3.05, 3.63) is 28.4 Å². The third-order valence-corrected chi connectivity index (χ3v) is 2.75. The van der Waals surface area contributed by atoms with Gasteiger partial charge in [0.05, 0.1) is 25.4 Å². The van der Waals surface area contributed by atoms with Crippen molar-refractivity contribution >= 4 is 0 Å². The number of azide groups is 1. The lowest BCUT2D eigenvalue weighted by Gasteiger charge is -2.22. The summed E-state index contributed by atoms with van der Waals surface area (Å²) in [6.07, 6.45) is 5.07. The molecule has 1 fully saturated rings. The smallest absolute Gasteiger partial charge is 0.157 e. The van der Waals surface area contributed by atoms with Crippen LogP contribution in [0.3, 0.4) is 0 Å². The molecule has 0 N–H and O–H groups in total. The minimum absolute atomic E-state index is 0.0584. The van der Waals surface area contributed by atoms with E-state index in [-0.39, 0.29) is 12.8 Å². The second-order valence-electron chi connectivity index (χ2n) is 4.13. The molecular weight excluding hydrogens is 234 g/mol. The van der Waals surface area contributed by atoms with Crippen molar-refractivity contribution in [3.8, 4) is 0 Å². The molecule has 1 aliphatic rings. The summed E-state index contributed by atoms with van der Waals surface area (Å²) in [7, 11) is 0. The van der Waals surface area contributed by atoms with E-state index in [2.05, 4.69) is 15.1 Å². The highest BCUT2D eigenvalue weighted by Gasteiger charge is 2.13. The number of hydrogen-bond donors (Lipinski definition) is 0. The Balaban J connectivity index is 1.69. The molecule has 98 valence electrons. The summed E-state index contributed by atoms with van der Waals surface area (Å²) in [6.45, 7) is 2.34. The Hall–Kier alpha value is -1.56. The normalized spacial score (nSPS) is 19.4. The molecule has 7 heteroatoms. The zero-order valence-electron chi connectivity index (χ0n) is 10.2. The summed E-state index contributed by atoms with van der Waals surface area (Å²) in [5.74, 6) is 0. The fourth-order valence-electron chi connectivity index (χ4n) is 1.84. The van der Waals surface area contributed by atoms with Crippen molar-refractivity contribution in [1.29, 1.82) is 0 Å². The van der Waals surface area contributed by atoms with E-state index in [4.69, 9.17) is 15.0 Å². The van der Waals surface area contributed by atoms with Crippen LogP contribution in [0.1, 0.15) is 25.0 Å². The molecule has 0 bridgehead atoms. The summed E-state index contributed by atoms with van der Waals surface area (Å²) in [5, 5.41) is 7.72. The van der Waals surface area contributed by atoms with Crippen LogP contribution in [-0.4, -0.2) is 29.3 Å². The molecular formula is C11H17N5O2. The second-order valence-corrected chi connectivity index (χ2v) is 4.13. The molecule has 0 spiro atoms. The molecule has 1 atom stereocenters. The summed E-state index contributed by atoms with van der Waals surface area (Å²) in [5.41, 5.74) is 8.98. The molecule has 1 unspecified atom stereocenters. The standard InChI is InChI=1S/C11H17N5O2/c12-15-13-9-10-4-5-16(14-10)6-8-18-11-3-1-2-7-17-11/h4-5,11H,1-3,6-9H2. The van der Waals surface area contributed by atoms with Crippen molar-refractivity contribution in [1.82, 2.24) is 9.78 Å². The molecule has 2 rings (SSSR count). The first-order valence-electron chi connectivity index (χ1n) is 6.15. The Kier molecular flexibility index (Phi) is 5.01. The molecule has 0 aliphatic carbocycles. The highest BCUT2D eigenvalue weighted by molar-refractivity contribution is 4.98. The minimum Gasteiger partial charge on any atom is -0.353 e. The summed E-state index contributed by atoms with van der Waals surface area (Å²) in [4.78, 5) is 2.70. The second kappa shape index (κ2) is 7.00. The Morgan fingerprint density at radius 3 is 3.33 bits per heavy atom. The van der Waals surface area contributed by atoms with Crippen molar-refractivity contribution in [2.45, 2.75) is 38.6 Å². The van der Waals surface area contributed by atoms with E-state index in [1.807, 2.05) is 12.3 Å². The number of rotatable bonds is 6. The van der Waals surface area contributed by atoms with E-state index < -0.39 is 0 Å². The molecule has 0 amide bonds. The number of aromatic nitrogens is 2. The van der Waals surface area contributed by atoms with Gasteiger partial charge in [0, 0.05) is 17.7 Å². The molecule has 0 saturated carbocycles. The van der Waals surface area contributed by atoms with Gasteiger partial charge in [-0.15, -0.1) is 0 Å². The van der Waals surface area contributed by atoms with Crippen LogP contribution in [0.2, 0.25) is 0 Å². The molecule has 1 aromatic heterocycles. The fraction of sp³-hybridized carbons (Fsp3) is 0.727. The Morgan fingerprint density at radius 2 is 2.56 bits per heavy atom. The van der Waals surface area contributed by atoms with Gasteiger partial charge < -0.3 is 9.47 Å². The van der Waals surface area contributed by atoms with Crippen molar-refractivity contribution in [2.24, 2.45) is 5.11 Å². The molecule has 0 aromatic carbocycles.